The molecule has 2 amide bonds. The number of hydrogen-bond donors (Lipinski definition) is 0. The SMILES string of the molecule is Cc1ccc(C2=C(N(C)C3CCN(C)CC3)C(=O)N(c3ccc(F)c(Cl)c3)C2=O)cc1C. The van der Waals surface area contributed by atoms with Crippen molar-refractivity contribution in [2.24, 2.45) is 0 Å². The fourth-order valence-corrected chi connectivity index (χ4v) is 4.60. The summed E-state index contributed by atoms with van der Waals surface area (Å²) < 4.78 is 13.7. The number of aryl methyl sites for hydroxylation is 2. The van der Waals surface area contributed by atoms with Crippen molar-refractivity contribution < 1.29 is 14.0 Å². The van der Waals surface area contributed by atoms with Crippen LogP contribution in [0.15, 0.2) is 42.1 Å². The molecule has 2 aromatic rings. The van der Waals surface area contributed by atoms with Gasteiger partial charge in [0, 0.05) is 13.1 Å². The molecule has 0 spiro atoms. The number of imide groups is 1. The van der Waals surface area contributed by atoms with E-state index in [1.165, 1.54) is 18.2 Å². The van der Waals surface area contributed by atoms with E-state index < -0.39 is 17.6 Å². The number of amides is 2. The monoisotopic (exact) mass is 455 g/mol. The number of carbonyl (C=O) groups is 2. The van der Waals surface area contributed by atoms with Gasteiger partial charge in [-0.3, -0.25) is 9.59 Å². The number of hydrogen-bond acceptors (Lipinski definition) is 4. The highest BCUT2D eigenvalue weighted by Gasteiger charge is 2.43. The maximum Gasteiger partial charge on any atom is 0.282 e. The summed E-state index contributed by atoms with van der Waals surface area (Å²) in [4.78, 5) is 32.6. The highest BCUT2D eigenvalue weighted by atomic mass is 35.5. The average molecular weight is 456 g/mol. The van der Waals surface area contributed by atoms with Crippen LogP contribution in [0.1, 0.15) is 29.5 Å². The van der Waals surface area contributed by atoms with Crippen LogP contribution in [-0.2, 0) is 9.59 Å². The molecule has 0 radical (unpaired) electrons. The molecule has 4 rings (SSSR count). The summed E-state index contributed by atoms with van der Waals surface area (Å²) in [5.74, 6) is -1.43. The smallest absolute Gasteiger partial charge is 0.282 e. The van der Waals surface area contributed by atoms with Crippen LogP contribution in [0.2, 0.25) is 5.02 Å². The summed E-state index contributed by atoms with van der Waals surface area (Å²) in [6.45, 7) is 5.85. The zero-order valence-corrected chi connectivity index (χ0v) is 19.5. The minimum Gasteiger partial charge on any atom is -0.366 e. The van der Waals surface area contributed by atoms with Crippen LogP contribution in [0.25, 0.3) is 5.57 Å². The zero-order valence-electron chi connectivity index (χ0n) is 18.8. The molecule has 0 saturated carbocycles. The molecule has 0 aromatic heterocycles. The van der Waals surface area contributed by atoms with Crippen LogP contribution >= 0.6 is 11.6 Å². The fourth-order valence-electron chi connectivity index (χ4n) is 4.43. The summed E-state index contributed by atoms with van der Waals surface area (Å²) in [6, 6.07) is 9.84. The number of benzene rings is 2. The molecule has 1 fully saturated rings. The van der Waals surface area contributed by atoms with Gasteiger partial charge in [-0.05, 0) is 81.7 Å². The number of likely N-dealkylation sites (tertiary alicyclic amines) is 1. The Morgan fingerprint density at radius 2 is 1.69 bits per heavy atom. The van der Waals surface area contributed by atoms with E-state index in [0.29, 0.717) is 16.8 Å². The molecule has 2 heterocycles. The van der Waals surface area contributed by atoms with Gasteiger partial charge in [-0.15, -0.1) is 0 Å². The minimum atomic E-state index is -0.597. The molecule has 32 heavy (non-hydrogen) atoms. The lowest BCUT2D eigenvalue weighted by molar-refractivity contribution is -0.120. The molecule has 168 valence electrons. The Bertz CT molecular complexity index is 1120. The van der Waals surface area contributed by atoms with Gasteiger partial charge in [0.1, 0.15) is 11.5 Å². The number of likely N-dealkylation sites (N-methyl/N-ethyl adjacent to an activating group) is 1. The molecule has 0 N–H and O–H groups in total. The Balaban J connectivity index is 1.81. The van der Waals surface area contributed by atoms with Crippen molar-refractivity contribution in [3.63, 3.8) is 0 Å². The van der Waals surface area contributed by atoms with Crippen molar-refractivity contribution in [1.29, 1.82) is 0 Å². The van der Waals surface area contributed by atoms with E-state index in [0.717, 1.165) is 42.0 Å². The molecule has 2 aromatic carbocycles. The van der Waals surface area contributed by atoms with E-state index in [4.69, 9.17) is 11.6 Å². The number of carbonyl (C=O) groups excluding carboxylic acids is 2. The summed E-state index contributed by atoms with van der Waals surface area (Å²) in [5.41, 5.74) is 3.88. The molecular weight excluding hydrogens is 429 g/mol. The highest BCUT2D eigenvalue weighted by molar-refractivity contribution is 6.45. The van der Waals surface area contributed by atoms with Crippen molar-refractivity contribution in [2.75, 3.05) is 32.1 Å². The van der Waals surface area contributed by atoms with Crippen molar-refractivity contribution in [3.05, 3.63) is 69.6 Å². The third-order valence-electron chi connectivity index (χ3n) is 6.60. The van der Waals surface area contributed by atoms with E-state index in [-0.39, 0.29) is 16.8 Å². The van der Waals surface area contributed by atoms with Crippen molar-refractivity contribution >= 4 is 34.7 Å². The maximum absolute atomic E-state index is 13.7. The fraction of sp³-hybridized carbons (Fsp3) is 0.360. The predicted octanol–water partition coefficient (Wildman–Crippen LogP) is 4.41. The molecule has 1 saturated heterocycles. The first-order valence-corrected chi connectivity index (χ1v) is 11.1. The predicted molar refractivity (Wildman–Crippen MR) is 125 cm³/mol. The first-order chi connectivity index (χ1) is 15.2. The number of nitrogens with zero attached hydrogens (tertiary/aromatic N) is 3. The third-order valence-corrected chi connectivity index (χ3v) is 6.89. The van der Waals surface area contributed by atoms with Crippen molar-refractivity contribution in [2.45, 2.75) is 32.7 Å². The molecule has 7 heteroatoms. The third kappa shape index (κ3) is 3.93. The Morgan fingerprint density at radius 1 is 1.00 bits per heavy atom. The Kier molecular flexibility index (Phi) is 6.10. The van der Waals surface area contributed by atoms with Gasteiger partial charge in [-0.2, -0.15) is 0 Å². The molecule has 5 nitrogen and oxygen atoms in total. The van der Waals surface area contributed by atoms with Crippen LogP contribution < -0.4 is 4.90 Å². The van der Waals surface area contributed by atoms with Gasteiger partial charge < -0.3 is 9.80 Å². The Morgan fingerprint density at radius 3 is 2.31 bits per heavy atom. The van der Waals surface area contributed by atoms with Gasteiger partial charge in [0.2, 0.25) is 0 Å². The van der Waals surface area contributed by atoms with E-state index >= 15 is 0 Å². The minimum absolute atomic E-state index is 0.132. The molecule has 2 aliphatic heterocycles. The molecule has 0 aliphatic carbocycles. The number of rotatable bonds is 4. The standard InChI is InChI=1S/C25H27ClFN3O2/c1-15-5-6-17(13-16(15)2)22-23(29(4)18-9-11-28(3)12-10-18)25(32)30(24(22)31)19-7-8-21(27)20(26)14-19/h5-8,13-14,18H,9-12H2,1-4H3. The summed E-state index contributed by atoms with van der Waals surface area (Å²) >= 11 is 5.96. The van der Waals surface area contributed by atoms with Gasteiger partial charge in [0.05, 0.1) is 16.3 Å². The van der Waals surface area contributed by atoms with Crippen molar-refractivity contribution in [3.8, 4) is 0 Å². The maximum atomic E-state index is 13.7. The Labute approximate surface area is 193 Å². The number of piperidine rings is 1. The van der Waals surface area contributed by atoms with Crippen molar-refractivity contribution in [1.82, 2.24) is 9.80 Å². The van der Waals surface area contributed by atoms with Crippen LogP contribution in [0.3, 0.4) is 0 Å². The largest absolute Gasteiger partial charge is 0.366 e. The molecule has 2 aliphatic rings. The first kappa shape index (κ1) is 22.5. The quantitative estimate of drug-likeness (QED) is 0.641. The molecular formula is C25H27ClFN3O2. The van der Waals surface area contributed by atoms with Gasteiger partial charge in [0.15, 0.2) is 0 Å². The van der Waals surface area contributed by atoms with Crippen LogP contribution in [-0.4, -0.2) is 54.8 Å². The van der Waals surface area contributed by atoms with E-state index in [9.17, 15) is 14.0 Å². The number of anilines is 1. The average Bonchev–Trinajstić information content (AvgIpc) is 3.02. The van der Waals surface area contributed by atoms with E-state index in [2.05, 4.69) is 11.9 Å². The second kappa shape index (κ2) is 8.68. The summed E-state index contributed by atoms with van der Waals surface area (Å²) in [7, 11) is 3.97. The highest BCUT2D eigenvalue weighted by Crippen LogP contribution is 2.37. The Hall–Kier alpha value is -2.70. The summed E-state index contributed by atoms with van der Waals surface area (Å²) in [5, 5.41) is -0.132. The topological polar surface area (TPSA) is 43.9 Å². The molecule has 0 unspecified atom stereocenters. The van der Waals surface area contributed by atoms with E-state index in [1.807, 2.05) is 44.0 Å². The molecule has 0 atom stereocenters. The van der Waals surface area contributed by atoms with Gasteiger partial charge in [-0.1, -0.05) is 29.8 Å². The second-order valence-corrected chi connectivity index (χ2v) is 9.12. The zero-order chi connectivity index (χ0) is 23.2. The molecule has 0 bridgehead atoms. The lowest BCUT2D eigenvalue weighted by Crippen LogP contribution is -2.43. The second-order valence-electron chi connectivity index (χ2n) is 8.71. The van der Waals surface area contributed by atoms with Crippen LogP contribution in [0.4, 0.5) is 10.1 Å². The van der Waals surface area contributed by atoms with Gasteiger partial charge in [-0.25, -0.2) is 9.29 Å². The first-order valence-electron chi connectivity index (χ1n) is 10.8. The normalized spacial score (nSPS) is 18.1. The van der Waals surface area contributed by atoms with Crippen LogP contribution in [0.5, 0.6) is 0 Å². The van der Waals surface area contributed by atoms with E-state index in [1.54, 1.807) is 0 Å². The lowest BCUT2D eigenvalue weighted by Gasteiger charge is -2.36. The lowest BCUT2D eigenvalue weighted by atomic mass is 9.97. The van der Waals surface area contributed by atoms with Gasteiger partial charge in [0.25, 0.3) is 11.8 Å². The van der Waals surface area contributed by atoms with Crippen LogP contribution in [0, 0.1) is 19.7 Å². The van der Waals surface area contributed by atoms with Gasteiger partial charge >= 0.3 is 0 Å². The number of halogens is 2. The summed E-state index contributed by atoms with van der Waals surface area (Å²) in [6.07, 6.45) is 1.81.